The maximum absolute atomic E-state index is 12.2. The fourth-order valence-electron chi connectivity index (χ4n) is 4.14. The lowest BCUT2D eigenvalue weighted by Crippen LogP contribution is -2.35. The number of carboxylic acids is 1. The molecule has 8 nitrogen and oxygen atoms in total. The van der Waals surface area contributed by atoms with Crippen molar-refractivity contribution in [2.75, 3.05) is 18.5 Å². The molecule has 0 bridgehead atoms. The third kappa shape index (κ3) is 5.62. The second-order valence-corrected chi connectivity index (χ2v) is 8.54. The molecule has 1 atom stereocenters. The number of carboxylic acid groups (broad SMARTS) is 1. The van der Waals surface area contributed by atoms with Crippen molar-refractivity contribution in [3.63, 3.8) is 0 Å². The number of aromatic carboxylic acids is 1. The summed E-state index contributed by atoms with van der Waals surface area (Å²) in [6, 6.07) is 19.9. The molecule has 3 aromatic carbocycles. The minimum absolute atomic E-state index is 0.0201. The van der Waals surface area contributed by atoms with Gasteiger partial charge in [0.1, 0.15) is 6.61 Å². The summed E-state index contributed by atoms with van der Waals surface area (Å²) in [6.07, 6.45) is -2.29. The number of carbonyl (C=O) groups excluding carboxylic acids is 2. The fourth-order valence-corrected chi connectivity index (χ4v) is 4.32. The average Bonchev–Trinajstić information content (AvgIpc) is 3.15. The molecule has 2 amide bonds. The summed E-state index contributed by atoms with van der Waals surface area (Å²) in [5, 5.41) is 24.5. The minimum atomic E-state index is -1.23. The number of hydrogen-bond acceptors (Lipinski definition) is 5. The van der Waals surface area contributed by atoms with Crippen molar-refractivity contribution >= 4 is 35.3 Å². The Bertz CT molecular complexity index is 1230. The van der Waals surface area contributed by atoms with Gasteiger partial charge in [0.05, 0.1) is 23.8 Å². The van der Waals surface area contributed by atoms with Crippen LogP contribution >= 0.6 is 11.6 Å². The number of hydrogen-bond donors (Lipinski definition) is 4. The number of carbonyl (C=O) groups is 3. The highest BCUT2D eigenvalue weighted by atomic mass is 35.5. The van der Waals surface area contributed by atoms with Crippen molar-refractivity contribution in [2.24, 2.45) is 0 Å². The van der Waals surface area contributed by atoms with E-state index in [4.69, 9.17) is 16.3 Å². The van der Waals surface area contributed by atoms with Gasteiger partial charge in [-0.25, -0.2) is 9.59 Å². The molecule has 4 rings (SSSR count). The number of amides is 2. The molecule has 4 N–H and O–H groups in total. The Labute approximate surface area is 206 Å². The number of halogens is 1. The number of anilines is 1. The van der Waals surface area contributed by atoms with Gasteiger partial charge in [-0.2, -0.15) is 0 Å². The molecular formula is C26H23ClN2O6. The van der Waals surface area contributed by atoms with Gasteiger partial charge in [0, 0.05) is 17.5 Å². The SMILES string of the molecule is O=C(CC(O)CNC(=O)OCC1c2ccccc2-c2ccccc21)Nc1cc(Cl)ccc1C(=O)O. The lowest BCUT2D eigenvalue weighted by Gasteiger charge is -2.16. The van der Waals surface area contributed by atoms with Gasteiger partial charge in [-0.3, -0.25) is 4.79 Å². The molecule has 0 radical (unpaired) electrons. The van der Waals surface area contributed by atoms with Gasteiger partial charge < -0.3 is 25.6 Å². The van der Waals surface area contributed by atoms with Gasteiger partial charge in [0.2, 0.25) is 5.91 Å². The highest BCUT2D eigenvalue weighted by Gasteiger charge is 2.29. The molecule has 180 valence electrons. The van der Waals surface area contributed by atoms with Crippen molar-refractivity contribution in [3.05, 3.63) is 88.4 Å². The molecule has 0 fully saturated rings. The normalized spacial score (nSPS) is 12.9. The first kappa shape index (κ1) is 24.3. The molecule has 35 heavy (non-hydrogen) atoms. The zero-order chi connectivity index (χ0) is 24.9. The van der Waals surface area contributed by atoms with E-state index in [-0.39, 0.29) is 41.8 Å². The number of aliphatic hydroxyl groups excluding tert-OH is 1. The molecule has 1 unspecified atom stereocenters. The van der Waals surface area contributed by atoms with Crippen LogP contribution in [-0.2, 0) is 9.53 Å². The van der Waals surface area contributed by atoms with Crippen LogP contribution in [0.1, 0.15) is 33.8 Å². The lowest BCUT2D eigenvalue weighted by atomic mass is 9.98. The highest BCUT2D eigenvalue weighted by Crippen LogP contribution is 2.44. The van der Waals surface area contributed by atoms with E-state index in [0.717, 1.165) is 22.3 Å². The first-order valence-electron chi connectivity index (χ1n) is 10.9. The molecule has 1 aliphatic rings. The molecular weight excluding hydrogens is 472 g/mol. The van der Waals surface area contributed by atoms with Crippen molar-refractivity contribution in [2.45, 2.75) is 18.4 Å². The first-order chi connectivity index (χ1) is 16.8. The number of benzene rings is 3. The maximum atomic E-state index is 12.2. The molecule has 0 heterocycles. The third-order valence-corrected chi connectivity index (χ3v) is 5.97. The van der Waals surface area contributed by atoms with Gasteiger partial charge in [-0.15, -0.1) is 0 Å². The summed E-state index contributed by atoms with van der Waals surface area (Å²) in [6.45, 7) is -0.0887. The standard InChI is InChI=1S/C26H23ClN2O6/c27-15-9-10-21(25(32)33)23(11-15)29-24(31)12-16(30)13-28-26(34)35-14-22-19-7-3-1-5-17(19)18-6-2-4-8-20(18)22/h1-11,16,22,30H,12-14H2,(H,28,34)(H,29,31)(H,32,33). The van der Waals surface area contributed by atoms with Crippen molar-refractivity contribution in [1.82, 2.24) is 5.32 Å². The summed E-state index contributed by atoms with van der Waals surface area (Å²) in [4.78, 5) is 35.8. The van der Waals surface area contributed by atoms with E-state index in [2.05, 4.69) is 10.6 Å². The van der Waals surface area contributed by atoms with Crippen LogP contribution in [0.15, 0.2) is 66.7 Å². The minimum Gasteiger partial charge on any atom is -0.478 e. The number of rotatable bonds is 8. The summed E-state index contributed by atoms with van der Waals surface area (Å²) in [5.41, 5.74) is 4.29. The second-order valence-electron chi connectivity index (χ2n) is 8.11. The van der Waals surface area contributed by atoms with Gasteiger partial charge in [-0.05, 0) is 40.5 Å². The van der Waals surface area contributed by atoms with Crippen molar-refractivity contribution < 1.29 is 29.3 Å². The Balaban J connectivity index is 1.27. The summed E-state index contributed by atoms with van der Waals surface area (Å²) >= 11 is 5.87. The van der Waals surface area contributed by atoms with E-state index in [1.165, 1.54) is 18.2 Å². The Morgan fingerprint density at radius 1 is 0.971 bits per heavy atom. The molecule has 0 spiro atoms. The van der Waals surface area contributed by atoms with Gasteiger partial charge in [-0.1, -0.05) is 60.1 Å². The number of ether oxygens (including phenoxy) is 1. The van der Waals surface area contributed by atoms with E-state index in [9.17, 15) is 24.6 Å². The number of aliphatic hydroxyl groups is 1. The monoisotopic (exact) mass is 494 g/mol. The summed E-state index contributed by atoms with van der Waals surface area (Å²) in [7, 11) is 0. The third-order valence-electron chi connectivity index (χ3n) is 5.73. The molecule has 0 saturated carbocycles. The van der Waals surface area contributed by atoms with Crippen LogP contribution in [0.25, 0.3) is 11.1 Å². The van der Waals surface area contributed by atoms with E-state index in [1.807, 2.05) is 48.5 Å². The largest absolute Gasteiger partial charge is 0.478 e. The molecule has 0 aromatic heterocycles. The Hall–Kier alpha value is -3.88. The predicted molar refractivity (Wildman–Crippen MR) is 131 cm³/mol. The zero-order valence-corrected chi connectivity index (χ0v) is 19.3. The predicted octanol–water partition coefficient (Wildman–Crippen LogP) is 4.27. The summed E-state index contributed by atoms with van der Waals surface area (Å²) in [5.74, 6) is -1.95. The van der Waals surface area contributed by atoms with Crippen molar-refractivity contribution in [3.8, 4) is 11.1 Å². The Kier molecular flexibility index (Phi) is 7.33. The van der Waals surface area contributed by atoms with Crippen molar-refractivity contribution in [1.29, 1.82) is 0 Å². The number of fused-ring (bicyclic) bond motifs is 3. The zero-order valence-electron chi connectivity index (χ0n) is 18.5. The Morgan fingerprint density at radius 2 is 1.60 bits per heavy atom. The second kappa shape index (κ2) is 10.6. The van der Waals surface area contributed by atoms with Crippen LogP contribution < -0.4 is 10.6 Å². The van der Waals surface area contributed by atoms with Gasteiger partial charge >= 0.3 is 12.1 Å². The van der Waals surface area contributed by atoms with Crippen LogP contribution in [0.2, 0.25) is 5.02 Å². The van der Waals surface area contributed by atoms with Crippen LogP contribution in [0.4, 0.5) is 10.5 Å². The maximum Gasteiger partial charge on any atom is 0.407 e. The van der Waals surface area contributed by atoms with Crippen LogP contribution in [0.3, 0.4) is 0 Å². The fraction of sp³-hybridized carbons (Fsp3) is 0.192. The van der Waals surface area contributed by atoms with Gasteiger partial charge in [0.15, 0.2) is 0 Å². The van der Waals surface area contributed by atoms with Crippen LogP contribution in [0, 0.1) is 0 Å². The van der Waals surface area contributed by atoms with Crippen LogP contribution in [0.5, 0.6) is 0 Å². The quantitative estimate of drug-likeness (QED) is 0.370. The highest BCUT2D eigenvalue weighted by molar-refractivity contribution is 6.31. The lowest BCUT2D eigenvalue weighted by molar-refractivity contribution is -0.118. The smallest absolute Gasteiger partial charge is 0.407 e. The Morgan fingerprint density at radius 3 is 2.23 bits per heavy atom. The van der Waals surface area contributed by atoms with E-state index in [0.29, 0.717) is 0 Å². The topological polar surface area (TPSA) is 125 Å². The molecule has 0 aliphatic heterocycles. The molecule has 1 aliphatic carbocycles. The van der Waals surface area contributed by atoms with Gasteiger partial charge in [0.25, 0.3) is 0 Å². The number of alkyl carbamates (subject to hydrolysis) is 1. The van der Waals surface area contributed by atoms with E-state index in [1.54, 1.807) is 0 Å². The molecule has 0 saturated heterocycles. The van der Waals surface area contributed by atoms with E-state index < -0.39 is 24.1 Å². The van der Waals surface area contributed by atoms with E-state index >= 15 is 0 Å². The molecule has 9 heteroatoms. The molecule has 3 aromatic rings. The number of nitrogens with one attached hydrogen (secondary N) is 2. The summed E-state index contributed by atoms with van der Waals surface area (Å²) < 4.78 is 5.40. The van der Waals surface area contributed by atoms with Crippen LogP contribution in [-0.4, -0.2) is 47.4 Å². The average molecular weight is 495 g/mol. The first-order valence-corrected chi connectivity index (χ1v) is 11.3.